The van der Waals surface area contributed by atoms with Gasteiger partial charge in [-0.1, -0.05) is 60.7 Å². The average molecular weight is 432 g/mol. The molecule has 3 nitrogen and oxygen atoms in total. The number of aliphatic hydroxyl groups excluding tert-OH is 1. The standard InChI is InChI=1S/C27H22F2O3/c28-21-10-6-19(7-11-21)27(20-8-12-22(29)13-9-20)25(18-4-2-1-3-5-18)15-14-24-16-23(30)17-26(31)32-24/h1-15,23-24,30H,16-17H2. The van der Waals surface area contributed by atoms with E-state index in [0.29, 0.717) is 6.42 Å². The molecule has 0 aromatic heterocycles. The van der Waals surface area contributed by atoms with Crippen molar-refractivity contribution in [2.75, 3.05) is 0 Å². The molecule has 2 atom stereocenters. The molecule has 0 radical (unpaired) electrons. The first-order valence-corrected chi connectivity index (χ1v) is 10.4. The molecular formula is C27H22F2O3. The van der Waals surface area contributed by atoms with Gasteiger partial charge in [0.1, 0.15) is 17.7 Å². The highest BCUT2D eigenvalue weighted by Gasteiger charge is 2.25. The number of carbonyl (C=O) groups is 1. The van der Waals surface area contributed by atoms with Gasteiger partial charge in [0.15, 0.2) is 0 Å². The molecule has 0 amide bonds. The summed E-state index contributed by atoms with van der Waals surface area (Å²) >= 11 is 0. The van der Waals surface area contributed by atoms with Crippen molar-refractivity contribution in [3.63, 3.8) is 0 Å². The highest BCUT2D eigenvalue weighted by Crippen LogP contribution is 2.34. The number of ether oxygens (including phenoxy) is 1. The second kappa shape index (κ2) is 9.71. The highest BCUT2D eigenvalue weighted by atomic mass is 19.1. The lowest BCUT2D eigenvalue weighted by Crippen LogP contribution is -2.31. The second-order valence-electron chi connectivity index (χ2n) is 7.65. The molecule has 1 aliphatic heterocycles. The normalized spacial score (nSPS) is 18.4. The van der Waals surface area contributed by atoms with Gasteiger partial charge in [-0.3, -0.25) is 4.79 Å². The fourth-order valence-electron chi connectivity index (χ4n) is 3.78. The Labute approximate surface area is 185 Å². The summed E-state index contributed by atoms with van der Waals surface area (Å²) in [5, 5.41) is 9.93. The maximum atomic E-state index is 13.6. The molecule has 4 rings (SSSR count). The Morgan fingerprint density at radius 3 is 1.94 bits per heavy atom. The number of hydrogen-bond acceptors (Lipinski definition) is 3. The molecule has 0 saturated carbocycles. The quantitative estimate of drug-likeness (QED) is 0.327. The van der Waals surface area contributed by atoms with Crippen molar-refractivity contribution in [3.8, 4) is 0 Å². The first-order chi connectivity index (χ1) is 15.5. The summed E-state index contributed by atoms with van der Waals surface area (Å²) in [5.41, 5.74) is 3.95. The Kier molecular flexibility index (Phi) is 6.57. The molecule has 32 heavy (non-hydrogen) atoms. The molecule has 1 heterocycles. The molecule has 2 unspecified atom stereocenters. The molecule has 5 heteroatoms. The van der Waals surface area contributed by atoms with Gasteiger partial charge >= 0.3 is 5.97 Å². The SMILES string of the molecule is O=C1CC(O)CC(C=CC(=C(c2ccc(F)cc2)c2ccc(F)cc2)c2ccccc2)O1. The van der Waals surface area contributed by atoms with Gasteiger partial charge < -0.3 is 9.84 Å². The van der Waals surface area contributed by atoms with Crippen LogP contribution in [0.4, 0.5) is 8.78 Å². The number of hydrogen-bond donors (Lipinski definition) is 1. The minimum Gasteiger partial charge on any atom is -0.458 e. The van der Waals surface area contributed by atoms with Gasteiger partial charge in [-0.15, -0.1) is 0 Å². The number of allylic oxidation sites excluding steroid dienone is 2. The van der Waals surface area contributed by atoms with Crippen molar-refractivity contribution in [2.45, 2.75) is 25.0 Å². The summed E-state index contributed by atoms with van der Waals surface area (Å²) in [6, 6.07) is 21.8. The van der Waals surface area contributed by atoms with Gasteiger partial charge in [-0.2, -0.15) is 0 Å². The van der Waals surface area contributed by atoms with Crippen LogP contribution >= 0.6 is 0 Å². The topological polar surface area (TPSA) is 46.5 Å². The molecule has 0 aliphatic carbocycles. The van der Waals surface area contributed by atoms with Crippen molar-refractivity contribution < 1.29 is 23.4 Å². The molecule has 1 fully saturated rings. The fourth-order valence-corrected chi connectivity index (χ4v) is 3.78. The number of rotatable bonds is 5. The lowest BCUT2D eigenvalue weighted by Gasteiger charge is -2.24. The van der Waals surface area contributed by atoms with Crippen molar-refractivity contribution in [1.29, 1.82) is 0 Å². The van der Waals surface area contributed by atoms with Crippen molar-refractivity contribution in [1.82, 2.24) is 0 Å². The molecule has 1 saturated heterocycles. The first kappa shape index (κ1) is 21.7. The Bertz CT molecular complexity index is 1090. The van der Waals surface area contributed by atoms with Gasteiger partial charge in [0.25, 0.3) is 0 Å². The zero-order valence-corrected chi connectivity index (χ0v) is 17.2. The highest BCUT2D eigenvalue weighted by molar-refractivity contribution is 6.02. The van der Waals surface area contributed by atoms with Crippen LogP contribution in [0.15, 0.2) is 91.0 Å². The summed E-state index contributed by atoms with van der Waals surface area (Å²) in [7, 11) is 0. The Morgan fingerprint density at radius 2 is 1.41 bits per heavy atom. The zero-order valence-electron chi connectivity index (χ0n) is 17.2. The largest absolute Gasteiger partial charge is 0.458 e. The van der Waals surface area contributed by atoms with Crippen molar-refractivity contribution in [2.24, 2.45) is 0 Å². The number of esters is 1. The summed E-state index contributed by atoms with van der Waals surface area (Å²) in [6.45, 7) is 0. The zero-order chi connectivity index (χ0) is 22.5. The van der Waals surface area contributed by atoms with Crippen molar-refractivity contribution in [3.05, 3.63) is 119 Å². The first-order valence-electron chi connectivity index (χ1n) is 10.4. The van der Waals surface area contributed by atoms with Gasteiger partial charge in [0.2, 0.25) is 0 Å². The van der Waals surface area contributed by atoms with Crippen LogP contribution in [-0.4, -0.2) is 23.3 Å². The average Bonchev–Trinajstić information content (AvgIpc) is 2.78. The Morgan fingerprint density at radius 1 is 0.844 bits per heavy atom. The summed E-state index contributed by atoms with van der Waals surface area (Å²) < 4.78 is 32.6. The molecule has 3 aromatic rings. The van der Waals surface area contributed by atoms with E-state index in [-0.39, 0.29) is 18.1 Å². The van der Waals surface area contributed by atoms with E-state index in [9.17, 15) is 18.7 Å². The van der Waals surface area contributed by atoms with E-state index in [2.05, 4.69) is 0 Å². The van der Waals surface area contributed by atoms with Gasteiger partial charge in [-0.25, -0.2) is 8.78 Å². The molecule has 0 spiro atoms. The van der Waals surface area contributed by atoms with E-state index in [1.807, 2.05) is 36.4 Å². The van der Waals surface area contributed by atoms with E-state index in [4.69, 9.17) is 4.74 Å². The molecule has 3 aromatic carbocycles. The van der Waals surface area contributed by atoms with Gasteiger partial charge in [0.05, 0.1) is 12.5 Å². The van der Waals surface area contributed by atoms with E-state index < -0.39 is 18.2 Å². The summed E-state index contributed by atoms with van der Waals surface area (Å²) in [5.74, 6) is -1.15. The minimum absolute atomic E-state index is 0.0118. The molecule has 1 N–H and O–H groups in total. The summed E-state index contributed by atoms with van der Waals surface area (Å²) in [6.07, 6.45) is 2.58. The van der Waals surface area contributed by atoms with Crippen LogP contribution < -0.4 is 0 Å². The van der Waals surface area contributed by atoms with E-state index in [1.54, 1.807) is 30.3 Å². The minimum atomic E-state index is -0.747. The maximum Gasteiger partial charge on any atom is 0.309 e. The van der Waals surface area contributed by atoms with Crippen LogP contribution in [-0.2, 0) is 9.53 Å². The summed E-state index contributed by atoms with van der Waals surface area (Å²) in [4.78, 5) is 11.7. The molecule has 0 bridgehead atoms. The lowest BCUT2D eigenvalue weighted by atomic mass is 9.88. The second-order valence-corrected chi connectivity index (χ2v) is 7.65. The number of carbonyl (C=O) groups excluding carboxylic acids is 1. The molecule has 162 valence electrons. The van der Waals surface area contributed by atoms with E-state index in [1.165, 1.54) is 24.3 Å². The third-order valence-electron chi connectivity index (χ3n) is 5.29. The Balaban J connectivity index is 1.89. The van der Waals surface area contributed by atoms with Crippen molar-refractivity contribution >= 4 is 17.1 Å². The third kappa shape index (κ3) is 5.18. The number of halogens is 2. The Hall–Kier alpha value is -3.57. The van der Waals surface area contributed by atoms with Gasteiger partial charge in [0, 0.05) is 6.42 Å². The number of benzene rings is 3. The predicted octanol–water partition coefficient (Wildman–Crippen LogP) is 5.55. The van der Waals surface area contributed by atoms with E-state index >= 15 is 0 Å². The fraction of sp³-hybridized carbons (Fsp3) is 0.148. The smallest absolute Gasteiger partial charge is 0.309 e. The van der Waals surface area contributed by atoms with Gasteiger partial charge in [-0.05, 0) is 58.2 Å². The van der Waals surface area contributed by atoms with Crippen LogP contribution in [0.2, 0.25) is 0 Å². The maximum absolute atomic E-state index is 13.6. The third-order valence-corrected chi connectivity index (χ3v) is 5.29. The predicted molar refractivity (Wildman–Crippen MR) is 119 cm³/mol. The van der Waals surface area contributed by atoms with Crippen LogP contribution in [0.25, 0.3) is 11.1 Å². The lowest BCUT2D eigenvalue weighted by molar-refractivity contribution is -0.156. The van der Waals surface area contributed by atoms with Crippen LogP contribution in [0, 0.1) is 11.6 Å². The number of cyclic esters (lactones) is 1. The number of aliphatic hydroxyl groups is 1. The van der Waals surface area contributed by atoms with Crippen LogP contribution in [0.1, 0.15) is 29.5 Å². The monoisotopic (exact) mass is 432 g/mol. The van der Waals surface area contributed by atoms with Crippen LogP contribution in [0.5, 0.6) is 0 Å². The van der Waals surface area contributed by atoms with E-state index in [0.717, 1.165) is 27.8 Å². The molecular weight excluding hydrogens is 410 g/mol. The molecule has 1 aliphatic rings. The van der Waals surface area contributed by atoms with Crippen LogP contribution in [0.3, 0.4) is 0 Å².